The third-order valence-electron chi connectivity index (χ3n) is 4.47. The van der Waals surface area contributed by atoms with Crippen molar-refractivity contribution in [2.45, 2.75) is 40.0 Å². The molecule has 3 rings (SSSR count). The van der Waals surface area contributed by atoms with Crippen LogP contribution in [0.25, 0.3) is 22.8 Å². The summed E-state index contributed by atoms with van der Waals surface area (Å²) in [5.41, 5.74) is 5.18. The number of aromatic nitrogens is 3. The van der Waals surface area contributed by atoms with E-state index in [2.05, 4.69) is 59.1 Å². The molecular weight excluding hydrogens is 324 g/mol. The van der Waals surface area contributed by atoms with Crippen molar-refractivity contribution in [3.05, 3.63) is 64.1 Å². The molecule has 0 fully saturated rings. The van der Waals surface area contributed by atoms with E-state index in [1.807, 2.05) is 31.2 Å². The zero-order valence-corrected chi connectivity index (χ0v) is 15.5. The van der Waals surface area contributed by atoms with Crippen molar-refractivity contribution in [3.8, 4) is 22.8 Å². The third kappa shape index (κ3) is 3.67. The molecule has 0 aliphatic rings. The van der Waals surface area contributed by atoms with Crippen LogP contribution in [0.1, 0.15) is 43.4 Å². The van der Waals surface area contributed by atoms with Crippen molar-refractivity contribution in [1.82, 2.24) is 15.0 Å². The number of hydrogen-bond donors (Lipinski definition) is 0. The maximum atomic E-state index is 11.2. The second-order valence-electron chi connectivity index (χ2n) is 6.66. The summed E-state index contributed by atoms with van der Waals surface area (Å²) in [6.07, 6.45) is 0.917. The number of nitrogens with zero attached hydrogens (tertiary/aromatic N) is 4. The van der Waals surface area contributed by atoms with Gasteiger partial charge in [0.15, 0.2) is 11.6 Å². The van der Waals surface area contributed by atoms with Crippen molar-refractivity contribution >= 4 is 5.95 Å². The van der Waals surface area contributed by atoms with E-state index in [9.17, 15) is 4.91 Å². The zero-order chi connectivity index (χ0) is 18.7. The Morgan fingerprint density at radius 1 is 1.00 bits per heavy atom. The summed E-state index contributed by atoms with van der Waals surface area (Å²) >= 11 is 0. The Hall–Kier alpha value is -2.95. The van der Waals surface area contributed by atoms with Gasteiger partial charge in [0.05, 0.1) is 0 Å². The maximum Gasteiger partial charge on any atom is 0.295 e. The van der Waals surface area contributed by atoms with Crippen LogP contribution in [0.15, 0.2) is 47.6 Å². The second kappa shape index (κ2) is 7.52. The summed E-state index contributed by atoms with van der Waals surface area (Å²) in [4.78, 5) is 24.3. The average molecular weight is 346 g/mol. The molecule has 0 spiro atoms. The molecule has 1 heterocycles. The Morgan fingerprint density at radius 3 is 2.46 bits per heavy atom. The number of rotatable bonds is 5. The quantitative estimate of drug-likeness (QED) is 0.564. The van der Waals surface area contributed by atoms with Gasteiger partial charge in [-0.1, -0.05) is 51.1 Å². The highest BCUT2D eigenvalue weighted by Gasteiger charge is 2.13. The topological polar surface area (TPSA) is 68.1 Å². The van der Waals surface area contributed by atoms with Crippen LogP contribution in [0.3, 0.4) is 0 Å². The molecule has 0 aliphatic heterocycles. The van der Waals surface area contributed by atoms with Crippen LogP contribution in [0.4, 0.5) is 5.95 Å². The number of aryl methyl sites for hydroxylation is 2. The van der Waals surface area contributed by atoms with Crippen molar-refractivity contribution in [2.75, 3.05) is 0 Å². The molecule has 0 atom stereocenters. The van der Waals surface area contributed by atoms with Crippen LogP contribution < -0.4 is 0 Å². The lowest BCUT2D eigenvalue weighted by Crippen LogP contribution is -1.99. The van der Waals surface area contributed by atoms with Crippen LogP contribution in [-0.4, -0.2) is 15.0 Å². The van der Waals surface area contributed by atoms with E-state index in [0.29, 0.717) is 17.6 Å². The SMILES string of the molecule is CCc1ccc(C)c(-c2nc(N=O)nc(-c3cccc(C(C)C)c3)n2)c1. The van der Waals surface area contributed by atoms with Crippen molar-refractivity contribution in [2.24, 2.45) is 5.18 Å². The summed E-state index contributed by atoms with van der Waals surface area (Å²) in [6.45, 7) is 8.38. The highest BCUT2D eigenvalue weighted by molar-refractivity contribution is 5.66. The highest BCUT2D eigenvalue weighted by atomic mass is 16.3. The predicted octanol–water partition coefficient (Wildman–Crippen LogP) is 5.60. The van der Waals surface area contributed by atoms with Crippen LogP contribution in [-0.2, 0) is 6.42 Å². The number of hydrogen-bond acceptors (Lipinski definition) is 5. The molecule has 0 radical (unpaired) electrons. The summed E-state index contributed by atoms with van der Waals surface area (Å²) < 4.78 is 0. The van der Waals surface area contributed by atoms with Crippen LogP contribution in [0, 0.1) is 11.8 Å². The van der Waals surface area contributed by atoms with E-state index in [0.717, 1.165) is 23.1 Å². The first kappa shape index (κ1) is 17.9. The normalized spacial score (nSPS) is 11.0. The van der Waals surface area contributed by atoms with E-state index in [1.165, 1.54) is 11.1 Å². The predicted molar refractivity (Wildman–Crippen MR) is 104 cm³/mol. The second-order valence-corrected chi connectivity index (χ2v) is 6.66. The minimum Gasteiger partial charge on any atom is -0.208 e. The lowest BCUT2D eigenvalue weighted by molar-refractivity contribution is 0.866. The van der Waals surface area contributed by atoms with Gasteiger partial charge in [0.2, 0.25) is 0 Å². The molecule has 0 saturated heterocycles. The van der Waals surface area contributed by atoms with Gasteiger partial charge in [0.1, 0.15) is 0 Å². The fourth-order valence-electron chi connectivity index (χ4n) is 2.82. The lowest BCUT2D eigenvalue weighted by atomic mass is 10.0. The minimum atomic E-state index is -0.0961. The van der Waals surface area contributed by atoms with E-state index in [-0.39, 0.29) is 5.95 Å². The Labute approximate surface area is 153 Å². The van der Waals surface area contributed by atoms with Crippen molar-refractivity contribution in [1.29, 1.82) is 0 Å². The zero-order valence-electron chi connectivity index (χ0n) is 15.5. The van der Waals surface area contributed by atoms with Crippen molar-refractivity contribution < 1.29 is 0 Å². The maximum absolute atomic E-state index is 11.2. The van der Waals surface area contributed by atoms with Gasteiger partial charge in [0.25, 0.3) is 5.95 Å². The fourth-order valence-corrected chi connectivity index (χ4v) is 2.82. The van der Waals surface area contributed by atoms with Gasteiger partial charge < -0.3 is 0 Å². The minimum absolute atomic E-state index is 0.0961. The molecule has 0 unspecified atom stereocenters. The van der Waals surface area contributed by atoms with Gasteiger partial charge in [-0.3, -0.25) is 0 Å². The largest absolute Gasteiger partial charge is 0.295 e. The number of nitroso groups, excluding NO2 is 1. The van der Waals surface area contributed by atoms with Crippen LogP contribution in [0.2, 0.25) is 0 Å². The Morgan fingerprint density at radius 2 is 1.77 bits per heavy atom. The molecule has 0 bridgehead atoms. The molecule has 0 amide bonds. The molecule has 0 saturated carbocycles. The van der Waals surface area contributed by atoms with E-state index in [1.54, 1.807) is 0 Å². The summed E-state index contributed by atoms with van der Waals surface area (Å²) in [7, 11) is 0. The molecule has 1 aromatic heterocycles. The van der Waals surface area contributed by atoms with E-state index < -0.39 is 0 Å². The molecule has 2 aromatic carbocycles. The molecule has 3 aromatic rings. The Balaban J connectivity index is 2.17. The van der Waals surface area contributed by atoms with Gasteiger partial charge >= 0.3 is 0 Å². The molecule has 0 aliphatic carbocycles. The monoisotopic (exact) mass is 346 g/mol. The fraction of sp³-hybridized carbons (Fsp3) is 0.286. The first-order valence-corrected chi connectivity index (χ1v) is 8.81. The first-order chi connectivity index (χ1) is 12.5. The lowest BCUT2D eigenvalue weighted by Gasteiger charge is -2.10. The Kier molecular flexibility index (Phi) is 5.16. The van der Waals surface area contributed by atoms with E-state index >= 15 is 0 Å². The highest BCUT2D eigenvalue weighted by Crippen LogP contribution is 2.27. The molecule has 5 heteroatoms. The standard InChI is InChI=1S/C21H22N4O/c1-5-15-10-9-14(4)18(11-15)20-22-19(23-21(24-20)25-26)17-8-6-7-16(12-17)13(2)3/h6-13H,5H2,1-4H3. The van der Waals surface area contributed by atoms with Gasteiger partial charge in [0, 0.05) is 16.3 Å². The van der Waals surface area contributed by atoms with Crippen molar-refractivity contribution in [3.63, 3.8) is 0 Å². The summed E-state index contributed by atoms with van der Waals surface area (Å²) in [6, 6.07) is 14.2. The Bertz CT molecular complexity index is 950. The average Bonchev–Trinajstić information content (AvgIpc) is 2.68. The molecule has 5 nitrogen and oxygen atoms in total. The molecule has 0 N–H and O–H groups in total. The molecular formula is C21H22N4O. The van der Waals surface area contributed by atoms with Crippen LogP contribution in [0.5, 0.6) is 0 Å². The van der Waals surface area contributed by atoms with Gasteiger partial charge in [-0.25, -0.2) is 4.98 Å². The van der Waals surface area contributed by atoms with Gasteiger partial charge in [-0.2, -0.15) is 9.97 Å². The van der Waals surface area contributed by atoms with Crippen LogP contribution >= 0.6 is 0 Å². The van der Waals surface area contributed by atoms with Gasteiger partial charge in [-0.15, -0.1) is 4.91 Å². The van der Waals surface area contributed by atoms with E-state index in [4.69, 9.17) is 0 Å². The van der Waals surface area contributed by atoms with Gasteiger partial charge in [-0.05, 0) is 48.1 Å². The molecule has 26 heavy (non-hydrogen) atoms. The molecule has 132 valence electrons. The summed E-state index contributed by atoms with van der Waals surface area (Å²) in [5.74, 6) is 1.24. The summed E-state index contributed by atoms with van der Waals surface area (Å²) in [5, 5.41) is 2.96. The smallest absolute Gasteiger partial charge is 0.208 e. The number of benzene rings is 2. The first-order valence-electron chi connectivity index (χ1n) is 8.81. The third-order valence-corrected chi connectivity index (χ3v) is 4.47.